The van der Waals surface area contributed by atoms with E-state index in [9.17, 15) is 0 Å². The van der Waals surface area contributed by atoms with Crippen molar-refractivity contribution >= 4 is 22.9 Å². The Bertz CT molecular complexity index is 477. The lowest BCUT2D eigenvalue weighted by molar-refractivity contribution is 0.590. The van der Waals surface area contributed by atoms with Gasteiger partial charge in [0.2, 0.25) is 0 Å². The Labute approximate surface area is 119 Å². The van der Waals surface area contributed by atoms with Crippen molar-refractivity contribution in [3.8, 4) is 0 Å². The summed E-state index contributed by atoms with van der Waals surface area (Å²) in [6, 6.07) is 10.8. The van der Waals surface area contributed by atoms with Crippen LogP contribution in [0.15, 0.2) is 41.1 Å². The van der Waals surface area contributed by atoms with Crippen LogP contribution in [0.3, 0.4) is 0 Å². The zero-order valence-electron chi connectivity index (χ0n) is 11.1. The third-order valence-corrected chi connectivity index (χ3v) is 4.27. The molecule has 0 spiro atoms. The summed E-state index contributed by atoms with van der Waals surface area (Å²) in [6.07, 6.45) is 0.903. The Hall–Kier alpha value is -0.790. The average Bonchev–Trinajstić information content (AvgIpc) is 2.81. The summed E-state index contributed by atoms with van der Waals surface area (Å²) >= 11 is 8.19. The summed E-state index contributed by atoms with van der Waals surface area (Å²) < 4.78 is 0. The van der Waals surface area contributed by atoms with Crippen molar-refractivity contribution in [1.82, 2.24) is 0 Å². The maximum atomic E-state index is 6.47. The van der Waals surface area contributed by atoms with Crippen molar-refractivity contribution in [1.29, 1.82) is 0 Å². The molecule has 0 saturated carbocycles. The number of hydrogen-bond donors (Lipinski definition) is 0. The second kappa shape index (κ2) is 5.46. The Morgan fingerprint density at radius 1 is 1.11 bits per heavy atom. The Kier molecular flexibility index (Phi) is 4.14. The minimum atomic E-state index is 0.0635. The minimum Gasteiger partial charge on any atom is -0.152 e. The predicted molar refractivity (Wildman–Crippen MR) is 81.8 cm³/mol. The first-order valence-corrected chi connectivity index (χ1v) is 7.60. The predicted octanol–water partition coefficient (Wildman–Crippen LogP) is 5.57. The van der Waals surface area contributed by atoms with Gasteiger partial charge in [-0.3, -0.25) is 0 Å². The highest BCUT2D eigenvalue weighted by Crippen LogP contribution is 2.28. The fraction of sp³-hybridized carbons (Fsp3) is 0.375. The molecule has 96 valence electrons. The number of hydrogen-bond acceptors (Lipinski definition) is 1. The first-order valence-electron chi connectivity index (χ1n) is 6.22. The van der Waals surface area contributed by atoms with Crippen LogP contribution < -0.4 is 0 Å². The van der Waals surface area contributed by atoms with Crippen LogP contribution in [0, 0.1) is 0 Å². The van der Waals surface area contributed by atoms with E-state index in [2.05, 4.69) is 61.9 Å². The van der Waals surface area contributed by atoms with Gasteiger partial charge in [-0.2, -0.15) is 11.3 Å². The van der Waals surface area contributed by atoms with Crippen molar-refractivity contribution in [2.75, 3.05) is 0 Å². The molecule has 0 nitrogen and oxygen atoms in total. The molecule has 2 aromatic rings. The van der Waals surface area contributed by atoms with Crippen molar-refractivity contribution < 1.29 is 0 Å². The van der Waals surface area contributed by atoms with Gasteiger partial charge in [-0.05, 0) is 45.4 Å². The molecule has 0 N–H and O–H groups in total. The van der Waals surface area contributed by atoms with Crippen LogP contribution in [0.1, 0.15) is 42.8 Å². The molecule has 0 aliphatic carbocycles. The highest BCUT2D eigenvalue weighted by Gasteiger charge is 2.15. The lowest BCUT2D eigenvalue weighted by atomic mass is 9.86. The SMILES string of the molecule is CC(C)(C)c1ccc(C(Cl)Cc2ccsc2)cc1. The van der Waals surface area contributed by atoms with Crippen molar-refractivity contribution in [3.05, 3.63) is 57.8 Å². The van der Waals surface area contributed by atoms with Gasteiger partial charge < -0.3 is 0 Å². The maximum Gasteiger partial charge on any atom is 0.0625 e. The number of benzene rings is 1. The third kappa shape index (κ3) is 3.37. The third-order valence-electron chi connectivity index (χ3n) is 3.13. The highest BCUT2D eigenvalue weighted by atomic mass is 35.5. The minimum absolute atomic E-state index is 0.0635. The highest BCUT2D eigenvalue weighted by molar-refractivity contribution is 7.07. The van der Waals surface area contributed by atoms with Crippen LogP contribution in [0.5, 0.6) is 0 Å². The van der Waals surface area contributed by atoms with E-state index < -0.39 is 0 Å². The summed E-state index contributed by atoms with van der Waals surface area (Å²) in [5.74, 6) is 0. The molecule has 1 aromatic heterocycles. The molecular formula is C16H19ClS. The molecule has 0 amide bonds. The molecule has 1 aromatic carbocycles. The number of alkyl halides is 1. The van der Waals surface area contributed by atoms with Crippen LogP contribution in [-0.2, 0) is 11.8 Å². The van der Waals surface area contributed by atoms with E-state index in [1.165, 1.54) is 16.7 Å². The quantitative estimate of drug-likeness (QED) is 0.644. The first kappa shape index (κ1) is 13.6. The van der Waals surface area contributed by atoms with Gasteiger partial charge in [0.1, 0.15) is 0 Å². The monoisotopic (exact) mass is 278 g/mol. The summed E-state index contributed by atoms with van der Waals surface area (Å²) in [4.78, 5) is 0. The van der Waals surface area contributed by atoms with Crippen LogP contribution in [-0.4, -0.2) is 0 Å². The molecule has 1 heterocycles. The molecule has 0 radical (unpaired) electrons. The van der Waals surface area contributed by atoms with E-state index in [0.29, 0.717) is 0 Å². The number of thiophene rings is 1. The van der Waals surface area contributed by atoms with E-state index in [4.69, 9.17) is 11.6 Å². The molecule has 0 bridgehead atoms. The van der Waals surface area contributed by atoms with Crippen molar-refractivity contribution in [3.63, 3.8) is 0 Å². The fourth-order valence-corrected chi connectivity index (χ4v) is 2.93. The standard InChI is InChI=1S/C16H19ClS/c1-16(2,3)14-6-4-13(5-7-14)15(17)10-12-8-9-18-11-12/h4-9,11,15H,10H2,1-3H3. The molecule has 2 heteroatoms. The van der Waals surface area contributed by atoms with Gasteiger partial charge in [0.15, 0.2) is 0 Å². The van der Waals surface area contributed by atoms with E-state index >= 15 is 0 Å². The lowest BCUT2D eigenvalue weighted by Gasteiger charge is -2.19. The molecular weight excluding hydrogens is 260 g/mol. The van der Waals surface area contributed by atoms with Gasteiger partial charge in [0.05, 0.1) is 5.38 Å². The lowest BCUT2D eigenvalue weighted by Crippen LogP contribution is -2.10. The summed E-state index contributed by atoms with van der Waals surface area (Å²) in [5, 5.41) is 4.33. The Morgan fingerprint density at radius 3 is 2.28 bits per heavy atom. The Balaban J connectivity index is 2.10. The van der Waals surface area contributed by atoms with E-state index in [1.807, 2.05) is 0 Å². The van der Waals surface area contributed by atoms with Crippen LogP contribution in [0.4, 0.5) is 0 Å². The fourth-order valence-electron chi connectivity index (χ4n) is 1.93. The molecule has 1 unspecified atom stereocenters. The molecule has 0 aliphatic rings. The van der Waals surface area contributed by atoms with Gasteiger partial charge >= 0.3 is 0 Å². The molecule has 0 fully saturated rings. The van der Waals surface area contributed by atoms with Crippen LogP contribution in [0.2, 0.25) is 0 Å². The molecule has 2 rings (SSSR count). The van der Waals surface area contributed by atoms with Gasteiger partial charge in [0.25, 0.3) is 0 Å². The van der Waals surface area contributed by atoms with Crippen molar-refractivity contribution in [2.45, 2.75) is 38.0 Å². The topological polar surface area (TPSA) is 0 Å². The van der Waals surface area contributed by atoms with Gasteiger partial charge in [-0.1, -0.05) is 45.0 Å². The molecule has 0 saturated heterocycles. The maximum absolute atomic E-state index is 6.47. The van der Waals surface area contributed by atoms with Crippen molar-refractivity contribution in [2.24, 2.45) is 0 Å². The normalized spacial score (nSPS) is 13.6. The first-order chi connectivity index (χ1) is 8.47. The van der Waals surface area contributed by atoms with E-state index in [-0.39, 0.29) is 10.8 Å². The second-order valence-electron chi connectivity index (χ2n) is 5.68. The number of halogens is 1. The largest absolute Gasteiger partial charge is 0.152 e. The molecule has 1 atom stereocenters. The zero-order valence-corrected chi connectivity index (χ0v) is 12.7. The second-order valence-corrected chi connectivity index (χ2v) is 6.98. The number of rotatable bonds is 3. The summed E-state index contributed by atoms with van der Waals surface area (Å²) in [6.45, 7) is 6.68. The molecule has 0 aliphatic heterocycles. The summed E-state index contributed by atoms with van der Waals surface area (Å²) in [7, 11) is 0. The average molecular weight is 279 g/mol. The Morgan fingerprint density at radius 2 is 1.78 bits per heavy atom. The summed E-state index contributed by atoms with van der Waals surface area (Å²) in [5.41, 5.74) is 4.08. The van der Waals surface area contributed by atoms with Crippen LogP contribution in [0.25, 0.3) is 0 Å². The zero-order chi connectivity index (χ0) is 13.2. The van der Waals surface area contributed by atoms with Gasteiger partial charge in [-0.25, -0.2) is 0 Å². The van der Waals surface area contributed by atoms with Gasteiger partial charge in [-0.15, -0.1) is 11.6 Å². The smallest absolute Gasteiger partial charge is 0.0625 e. The molecule has 18 heavy (non-hydrogen) atoms. The van der Waals surface area contributed by atoms with E-state index in [1.54, 1.807) is 11.3 Å². The van der Waals surface area contributed by atoms with Gasteiger partial charge in [0, 0.05) is 0 Å². The van der Waals surface area contributed by atoms with E-state index in [0.717, 1.165) is 6.42 Å². The van der Waals surface area contributed by atoms with Crippen LogP contribution >= 0.6 is 22.9 Å².